The average Bonchev–Trinajstić information content (AvgIpc) is 3.41. The van der Waals surface area contributed by atoms with Crippen LogP contribution in [0.25, 0.3) is 10.8 Å². The monoisotopic (exact) mass is 383 g/mol. The molecule has 142 valence electrons. The maximum Gasteiger partial charge on any atom is 0.236 e. The first-order valence-electron chi connectivity index (χ1n) is 9.99. The number of aromatic nitrogens is 4. The van der Waals surface area contributed by atoms with Gasteiger partial charge >= 0.3 is 0 Å². The van der Waals surface area contributed by atoms with Crippen molar-refractivity contribution in [3.8, 4) is 10.8 Å². The summed E-state index contributed by atoms with van der Waals surface area (Å²) in [6.45, 7) is 4.06. The number of aryl methyl sites for hydroxylation is 1. The highest BCUT2D eigenvalue weighted by Gasteiger charge is 2.27. The first kappa shape index (κ1) is 17.1. The third-order valence-electron chi connectivity index (χ3n) is 5.68. The molecule has 3 aromatic rings. The topological polar surface area (TPSA) is 60.0 Å². The van der Waals surface area contributed by atoms with Crippen LogP contribution in [-0.2, 0) is 19.5 Å². The van der Waals surface area contributed by atoms with E-state index < -0.39 is 0 Å². The largest absolute Gasteiger partial charge is 0.444 e. The summed E-state index contributed by atoms with van der Waals surface area (Å²) < 4.78 is 8.09. The molecule has 0 radical (unpaired) electrons. The smallest absolute Gasteiger partial charge is 0.236 e. The Morgan fingerprint density at radius 3 is 3.07 bits per heavy atom. The van der Waals surface area contributed by atoms with Crippen molar-refractivity contribution in [2.24, 2.45) is 0 Å². The van der Waals surface area contributed by atoms with Gasteiger partial charge in [0.2, 0.25) is 5.89 Å². The lowest BCUT2D eigenvalue weighted by Crippen LogP contribution is -2.35. The minimum Gasteiger partial charge on any atom is -0.444 e. The van der Waals surface area contributed by atoms with Crippen molar-refractivity contribution in [2.75, 3.05) is 13.1 Å². The molecule has 1 fully saturated rings. The molecule has 0 aromatic carbocycles. The zero-order valence-corrected chi connectivity index (χ0v) is 16.3. The Morgan fingerprint density at radius 2 is 2.15 bits per heavy atom. The normalized spacial score (nSPS) is 21.1. The van der Waals surface area contributed by atoms with Crippen LogP contribution in [0.3, 0.4) is 0 Å². The summed E-state index contributed by atoms with van der Waals surface area (Å²) in [5, 5.41) is 11.1. The zero-order chi connectivity index (χ0) is 18.1. The highest BCUT2D eigenvalue weighted by molar-refractivity contribution is 7.13. The van der Waals surface area contributed by atoms with Crippen molar-refractivity contribution in [3.05, 3.63) is 41.1 Å². The van der Waals surface area contributed by atoms with Crippen LogP contribution in [0.5, 0.6) is 0 Å². The molecule has 5 rings (SSSR count). The van der Waals surface area contributed by atoms with E-state index in [9.17, 15) is 0 Å². The Hall–Kier alpha value is -1.99. The SMILES string of the molecule is c1csc(-c2nc(CN3CCCC(c4nnc5n4CCCCC5)C3)co2)c1. The van der Waals surface area contributed by atoms with Gasteiger partial charge in [-0.3, -0.25) is 4.90 Å². The number of piperidine rings is 1. The Morgan fingerprint density at radius 1 is 1.15 bits per heavy atom. The summed E-state index contributed by atoms with van der Waals surface area (Å²) >= 11 is 1.66. The molecular weight excluding hydrogens is 358 g/mol. The number of thiophene rings is 1. The average molecular weight is 384 g/mol. The van der Waals surface area contributed by atoms with E-state index in [0.29, 0.717) is 5.92 Å². The molecule has 1 atom stereocenters. The van der Waals surface area contributed by atoms with Gasteiger partial charge in [0.05, 0.1) is 10.6 Å². The maximum atomic E-state index is 5.68. The molecule has 1 unspecified atom stereocenters. The number of nitrogens with zero attached hydrogens (tertiary/aromatic N) is 5. The zero-order valence-electron chi connectivity index (χ0n) is 15.5. The predicted octanol–water partition coefficient (Wildman–Crippen LogP) is 4.10. The second-order valence-corrected chi connectivity index (χ2v) is 8.58. The van der Waals surface area contributed by atoms with E-state index in [1.807, 2.05) is 18.4 Å². The van der Waals surface area contributed by atoms with Crippen LogP contribution < -0.4 is 0 Å². The van der Waals surface area contributed by atoms with Crippen LogP contribution >= 0.6 is 11.3 Å². The van der Waals surface area contributed by atoms with Gasteiger partial charge in [0, 0.05) is 32.0 Å². The third kappa shape index (κ3) is 3.58. The van der Waals surface area contributed by atoms with E-state index in [0.717, 1.165) is 49.1 Å². The van der Waals surface area contributed by atoms with Gasteiger partial charge in [-0.25, -0.2) is 4.98 Å². The van der Waals surface area contributed by atoms with Crippen molar-refractivity contribution < 1.29 is 4.42 Å². The van der Waals surface area contributed by atoms with Gasteiger partial charge in [-0.05, 0) is 43.7 Å². The molecule has 0 spiro atoms. The summed E-state index contributed by atoms with van der Waals surface area (Å²) in [6.07, 6.45) is 9.08. The molecule has 0 amide bonds. The minimum atomic E-state index is 0.474. The summed E-state index contributed by atoms with van der Waals surface area (Å²) in [4.78, 5) is 8.26. The van der Waals surface area contributed by atoms with Gasteiger partial charge in [-0.15, -0.1) is 21.5 Å². The van der Waals surface area contributed by atoms with E-state index in [-0.39, 0.29) is 0 Å². The molecule has 2 aliphatic rings. The molecule has 0 saturated carbocycles. The highest BCUT2D eigenvalue weighted by Crippen LogP contribution is 2.29. The lowest BCUT2D eigenvalue weighted by Gasteiger charge is -2.31. The van der Waals surface area contributed by atoms with E-state index in [1.165, 1.54) is 43.8 Å². The van der Waals surface area contributed by atoms with Gasteiger partial charge in [-0.1, -0.05) is 12.5 Å². The molecule has 27 heavy (non-hydrogen) atoms. The fourth-order valence-corrected chi connectivity index (χ4v) is 5.00. The molecule has 0 bridgehead atoms. The number of rotatable bonds is 4. The Bertz CT molecular complexity index is 884. The molecule has 2 aliphatic heterocycles. The number of fused-ring (bicyclic) bond motifs is 1. The standard InChI is InChI=1S/C20H25N5OS/c1-2-8-18-22-23-19(25(18)10-3-1)15-6-4-9-24(12-15)13-16-14-26-20(21-16)17-7-5-11-27-17/h5,7,11,14-15H,1-4,6,8-10,12-13H2. The van der Waals surface area contributed by atoms with Crippen molar-refractivity contribution >= 4 is 11.3 Å². The first-order valence-corrected chi connectivity index (χ1v) is 10.9. The number of hydrogen-bond acceptors (Lipinski definition) is 6. The number of hydrogen-bond donors (Lipinski definition) is 0. The van der Waals surface area contributed by atoms with Gasteiger partial charge in [0.1, 0.15) is 17.9 Å². The van der Waals surface area contributed by atoms with Crippen LogP contribution in [0.15, 0.2) is 28.2 Å². The molecule has 7 heteroatoms. The van der Waals surface area contributed by atoms with Crippen molar-refractivity contribution in [1.29, 1.82) is 0 Å². The van der Waals surface area contributed by atoms with Crippen molar-refractivity contribution in [2.45, 2.75) is 57.5 Å². The lowest BCUT2D eigenvalue weighted by atomic mass is 9.97. The van der Waals surface area contributed by atoms with E-state index >= 15 is 0 Å². The summed E-state index contributed by atoms with van der Waals surface area (Å²) in [5.74, 6) is 3.60. The maximum absolute atomic E-state index is 5.68. The third-order valence-corrected chi connectivity index (χ3v) is 6.54. The molecule has 0 N–H and O–H groups in total. The van der Waals surface area contributed by atoms with Gasteiger partial charge in [-0.2, -0.15) is 0 Å². The van der Waals surface area contributed by atoms with E-state index in [2.05, 4.69) is 30.0 Å². The van der Waals surface area contributed by atoms with Crippen LogP contribution in [-0.4, -0.2) is 37.7 Å². The van der Waals surface area contributed by atoms with Crippen molar-refractivity contribution in [3.63, 3.8) is 0 Å². The van der Waals surface area contributed by atoms with Gasteiger partial charge in [0.15, 0.2) is 0 Å². The Kier molecular flexibility index (Phi) is 4.80. The van der Waals surface area contributed by atoms with E-state index in [1.54, 1.807) is 11.3 Å². The molecule has 3 aromatic heterocycles. The number of oxazole rings is 1. The predicted molar refractivity (Wildman–Crippen MR) is 105 cm³/mol. The molecule has 5 heterocycles. The summed E-state index contributed by atoms with van der Waals surface area (Å²) in [6, 6.07) is 4.08. The molecule has 0 aliphatic carbocycles. The lowest BCUT2D eigenvalue weighted by molar-refractivity contribution is 0.192. The van der Waals surface area contributed by atoms with Crippen LogP contribution in [0.2, 0.25) is 0 Å². The molecule has 6 nitrogen and oxygen atoms in total. The van der Waals surface area contributed by atoms with Crippen LogP contribution in [0.4, 0.5) is 0 Å². The van der Waals surface area contributed by atoms with Crippen LogP contribution in [0, 0.1) is 0 Å². The second-order valence-electron chi connectivity index (χ2n) is 7.63. The van der Waals surface area contributed by atoms with Gasteiger partial charge < -0.3 is 8.98 Å². The Labute approximate surface area is 163 Å². The molecular formula is C20H25N5OS. The highest BCUT2D eigenvalue weighted by atomic mass is 32.1. The fraction of sp³-hybridized carbons (Fsp3) is 0.550. The van der Waals surface area contributed by atoms with Crippen LogP contribution in [0.1, 0.15) is 55.4 Å². The summed E-state index contributed by atoms with van der Waals surface area (Å²) in [5.41, 5.74) is 1.01. The minimum absolute atomic E-state index is 0.474. The number of likely N-dealkylation sites (tertiary alicyclic amines) is 1. The molecule has 1 saturated heterocycles. The summed E-state index contributed by atoms with van der Waals surface area (Å²) in [7, 11) is 0. The fourth-order valence-electron chi connectivity index (χ4n) is 4.34. The van der Waals surface area contributed by atoms with Gasteiger partial charge in [0.25, 0.3) is 0 Å². The Balaban J connectivity index is 1.28. The van der Waals surface area contributed by atoms with Crippen molar-refractivity contribution in [1.82, 2.24) is 24.6 Å². The second kappa shape index (κ2) is 7.56. The quantitative estimate of drug-likeness (QED) is 0.679. The van der Waals surface area contributed by atoms with E-state index in [4.69, 9.17) is 4.42 Å². The first-order chi connectivity index (χ1) is 13.4.